The van der Waals surface area contributed by atoms with Gasteiger partial charge in [-0.2, -0.15) is 0 Å². The van der Waals surface area contributed by atoms with Crippen molar-refractivity contribution in [2.75, 3.05) is 11.5 Å². The summed E-state index contributed by atoms with van der Waals surface area (Å²) in [6, 6.07) is 0. The van der Waals surface area contributed by atoms with Gasteiger partial charge in [-0.15, -0.1) is 0 Å². The van der Waals surface area contributed by atoms with Gasteiger partial charge in [-0.1, -0.05) is 54.7 Å². The van der Waals surface area contributed by atoms with Crippen LogP contribution >= 0.6 is 21.6 Å². The third-order valence-corrected chi connectivity index (χ3v) is 6.15. The Kier molecular flexibility index (Phi) is 6.43. The maximum atomic E-state index is 2.38. The Hall–Kier alpha value is 0.700. The van der Waals surface area contributed by atoms with Gasteiger partial charge in [0.1, 0.15) is 0 Å². The summed E-state index contributed by atoms with van der Waals surface area (Å²) in [5.74, 6) is 2.75. The van der Waals surface area contributed by atoms with E-state index in [1.807, 2.05) is 0 Å². The largest absolute Gasteiger partial charge is 0.0941 e. The van der Waals surface area contributed by atoms with Gasteiger partial charge in [-0.05, 0) is 31.1 Å². The lowest BCUT2D eigenvalue weighted by Gasteiger charge is -2.26. The average molecular weight is 232 g/mol. The second-order valence-electron chi connectivity index (χ2n) is 4.50. The van der Waals surface area contributed by atoms with Crippen molar-refractivity contribution in [3.63, 3.8) is 0 Å². The fourth-order valence-electron chi connectivity index (χ4n) is 2.15. The highest BCUT2D eigenvalue weighted by Gasteiger charge is 2.31. The van der Waals surface area contributed by atoms with Gasteiger partial charge in [-0.25, -0.2) is 0 Å². The molecule has 0 atom stereocenters. The average Bonchev–Trinajstić information content (AvgIpc) is 2.67. The quantitative estimate of drug-likeness (QED) is 0.440. The van der Waals surface area contributed by atoms with Crippen LogP contribution in [0.1, 0.15) is 58.8 Å². The zero-order chi connectivity index (χ0) is 10.3. The second kappa shape index (κ2) is 7.05. The molecule has 0 aromatic carbocycles. The van der Waals surface area contributed by atoms with E-state index in [9.17, 15) is 0 Å². The fourth-order valence-corrected chi connectivity index (χ4v) is 5.21. The molecule has 0 nitrogen and oxygen atoms in total. The Balaban J connectivity index is 2.08. The van der Waals surface area contributed by atoms with E-state index in [1.54, 1.807) is 0 Å². The summed E-state index contributed by atoms with van der Waals surface area (Å²) >= 11 is 0. The highest BCUT2D eigenvalue weighted by atomic mass is 33.1. The molecule has 0 spiro atoms. The topological polar surface area (TPSA) is 0 Å². The van der Waals surface area contributed by atoms with E-state index in [1.165, 1.54) is 56.5 Å². The molecule has 0 aromatic rings. The summed E-state index contributed by atoms with van der Waals surface area (Å²) in [6.45, 7) is 4.65. The molecule has 0 aliphatic heterocycles. The minimum atomic E-state index is 0.726. The summed E-state index contributed by atoms with van der Waals surface area (Å²) in [6.07, 6.45) is 10.1. The molecule has 14 heavy (non-hydrogen) atoms. The Bertz CT molecular complexity index is 139. The van der Waals surface area contributed by atoms with E-state index in [4.69, 9.17) is 0 Å². The van der Waals surface area contributed by atoms with Crippen molar-refractivity contribution in [1.82, 2.24) is 0 Å². The molecule has 2 heteroatoms. The molecule has 0 amide bonds. The summed E-state index contributed by atoms with van der Waals surface area (Å²) in [7, 11) is 4.23. The van der Waals surface area contributed by atoms with Crippen molar-refractivity contribution < 1.29 is 0 Å². The normalized spacial score (nSPS) is 20.1. The first-order chi connectivity index (χ1) is 6.83. The third-order valence-electron chi connectivity index (χ3n) is 3.44. The maximum Gasteiger partial charge on any atom is 0.00935 e. The van der Waals surface area contributed by atoms with Gasteiger partial charge < -0.3 is 0 Å². The van der Waals surface area contributed by atoms with E-state index < -0.39 is 0 Å². The molecule has 1 saturated carbocycles. The van der Waals surface area contributed by atoms with Gasteiger partial charge in [-0.3, -0.25) is 0 Å². The molecular weight excluding hydrogens is 208 g/mol. The van der Waals surface area contributed by atoms with Crippen LogP contribution < -0.4 is 0 Å². The molecule has 0 saturated heterocycles. The van der Waals surface area contributed by atoms with Gasteiger partial charge in [0.05, 0.1) is 0 Å². The van der Waals surface area contributed by atoms with Crippen LogP contribution in [-0.4, -0.2) is 11.5 Å². The molecule has 1 fully saturated rings. The van der Waals surface area contributed by atoms with Crippen LogP contribution in [0.3, 0.4) is 0 Å². The lowest BCUT2D eigenvalue weighted by atomic mass is 9.86. The predicted molar refractivity (Wildman–Crippen MR) is 71.0 cm³/mol. The van der Waals surface area contributed by atoms with E-state index >= 15 is 0 Å². The summed E-state index contributed by atoms with van der Waals surface area (Å²) in [5, 5.41) is 0. The number of unbranched alkanes of at least 4 members (excludes halogenated alkanes) is 1. The van der Waals surface area contributed by atoms with Gasteiger partial charge >= 0.3 is 0 Å². The Morgan fingerprint density at radius 2 is 1.79 bits per heavy atom. The molecule has 0 N–H and O–H groups in total. The highest BCUT2D eigenvalue weighted by Crippen LogP contribution is 2.45. The molecule has 1 aliphatic carbocycles. The molecule has 0 unspecified atom stereocenters. The van der Waals surface area contributed by atoms with Crippen LogP contribution in [0, 0.1) is 5.41 Å². The zero-order valence-electron chi connectivity index (χ0n) is 9.68. The molecule has 0 heterocycles. The summed E-state index contributed by atoms with van der Waals surface area (Å²) in [5.41, 5.74) is 0.726. The summed E-state index contributed by atoms with van der Waals surface area (Å²) < 4.78 is 0. The van der Waals surface area contributed by atoms with E-state index in [-0.39, 0.29) is 0 Å². The van der Waals surface area contributed by atoms with Gasteiger partial charge in [0, 0.05) is 11.5 Å². The van der Waals surface area contributed by atoms with Crippen molar-refractivity contribution in [3.8, 4) is 0 Å². The van der Waals surface area contributed by atoms with Crippen molar-refractivity contribution in [2.24, 2.45) is 5.41 Å². The Labute approximate surface area is 97.4 Å². The lowest BCUT2D eigenvalue weighted by molar-refractivity contribution is 0.333. The summed E-state index contributed by atoms with van der Waals surface area (Å²) in [4.78, 5) is 0. The monoisotopic (exact) mass is 232 g/mol. The Morgan fingerprint density at radius 3 is 2.36 bits per heavy atom. The lowest BCUT2D eigenvalue weighted by Crippen LogP contribution is -2.17. The maximum absolute atomic E-state index is 2.38. The second-order valence-corrected chi connectivity index (χ2v) is 7.08. The minimum absolute atomic E-state index is 0.726. The highest BCUT2D eigenvalue weighted by molar-refractivity contribution is 8.76. The van der Waals surface area contributed by atoms with E-state index in [0.717, 1.165) is 5.41 Å². The molecular formula is C12H24S2. The Morgan fingerprint density at radius 1 is 1.07 bits per heavy atom. The molecule has 0 aromatic heterocycles. The zero-order valence-corrected chi connectivity index (χ0v) is 11.3. The predicted octanol–water partition coefficient (Wildman–Crippen LogP) is 5.14. The number of rotatable bonds is 7. The molecule has 84 valence electrons. The first kappa shape index (κ1) is 12.8. The van der Waals surface area contributed by atoms with Crippen molar-refractivity contribution in [3.05, 3.63) is 0 Å². The standard InChI is InChI=1S/C12H24S2/c1-3-5-10-13-14-11-12(4-2)8-6-7-9-12/h3-11H2,1-2H3. The van der Waals surface area contributed by atoms with Crippen LogP contribution in [-0.2, 0) is 0 Å². The fraction of sp³-hybridized carbons (Fsp3) is 1.00. The third kappa shape index (κ3) is 4.06. The van der Waals surface area contributed by atoms with Gasteiger partial charge in [0.2, 0.25) is 0 Å². The minimum Gasteiger partial charge on any atom is -0.0941 e. The van der Waals surface area contributed by atoms with Crippen LogP contribution in [0.4, 0.5) is 0 Å². The van der Waals surface area contributed by atoms with E-state index in [0.29, 0.717) is 0 Å². The van der Waals surface area contributed by atoms with Crippen LogP contribution in [0.2, 0.25) is 0 Å². The number of hydrogen-bond donors (Lipinski definition) is 0. The van der Waals surface area contributed by atoms with Crippen LogP contribution in [0.5, 0.6) is 0 Å². The van der Waals surface area contributed by atoms with Crippen molar-refractivity contribution in [1.29, 1.82) is 0 Å². The first-order valence-electron chi connectivity index (χ1n) is 6.07. The first-order valence-corrected chi connectivity index (χ1v) is 8.56. The molecule has 1 aliphatic rings. The van der Waals surface area contributed by atoms with Crippen molar-refractivity contribution in [2.45, 2.75) is 58.8 Å². The van der Waals surface area contributed by atoms with Crippen LogP contribution in [0.25, 0.3) is 0 Å². The van der Waals surface area contributed by atoms with Crippen molar-refractivity contribution >= 4 is 21.6 Å². The molecule has 0 bridgehead atoms. The smallest absolute Gasteiger partial charge is 0.00935 e. The molecule has 1 rings (SSSR count). The van der Waals surface area contributed by atoms with Gasteiger partial charge in [0.25, 0.3) is 0 Å². The number of hydrogen-bond acceptors (Lipinski definition) is 2. The van der Waals surface area contributed by atoms with E-state index in [2.05, 4.69) is 35.4 Å². The SMILES string of the molecule is CCCCSSCC1(CC)CCCC1. The molecule has 0 radical (unpaired) electrons. The van der Waals surface area contributed by atoms with Gasteiger partial charge in [0.15, 0.2) is 0 Å². The van der Waals surface area contributed by atoms with Crippen LogP contribution in [0.15, 0.2) is 0 Å².